The van der Waals surface area contributed by atoms with Crippen LogP contribution in [-0.4, -0.2) is 79.7 Å². The fraction of sp³-hybridized carbons (Fsp3) is 0.600. The second kappa shape index (κ2) is 8.95. The maximum absolute atomic E-state index is 12.4. The van der Waals surface area contributed by atoms with Crippen LogP contribution >= 0.6 is 0 Å². The van der Waals surface area contributed by atoms with Crippen LogP contribution in [0.2, 0.25) is 0 Å². The Morgan fingerprint density at radius 2 is 1.72 bits per heavy atom. The summed E-state index contributed by atoms with van der Waals surface area (Å²) in [4.78, 5) is 2.01. The normalized spacial score (nSPS) is 12.8. The fourth-order valence-electron chi connectivity index (χ4n) is 2.19. The largest absolute Gasteiger partial charge is 0.497 e. The predicted octanol–water partition coefficient (Wildman–Crippen LogP) is 0.105. The highest BCUT2D eigenvalue weighted by atomic mass is 32.2. The van der Waals surface area contributed by atoms with Crippen molar-refractivity contribution in [3.63, 3.8) is 0 Å². The highest BCUT2D eigenvalue weighted by Crippen LogP contribution is 2.20. The first-order chi connectivity index (χ1) is 11.5. The van der Waals surface area contributed by atoms with Crippen molar-refractivity contribution in [2.45, 2.75) is 11.8 Å². The molecule has 1 aromatic carbocycles. The number of hydrogen-bond donors (Lipinski definition) is 1. The van der Waals surface area contributed by atoms with Gasteiger partial charge in [-0.25, -0.2) is 21.6 Å². The van der Waals surface area contributed by atoms with Gasteiger partial charge in [-0.2, -0.15) is 4.31 Å². The first-order valence-electron chi connectivity index (χ1n) is 7.71. The Labute approximate surface area is 150 Å². The van der Waals surface area contributed by atoms with E-state index in [1.165, 1.54) is 17.5 Å². The van der Waals surface area contributed by atoms with Gasteiger partial charge in [-0.3, -0.25) is 0 Å². The molecule has 25 heavy (non-hydrogen) atoms. The molecule has 8 nitrogen and oxygen atoms in total. The number of hydrogen-bond acceptors (Lipinski definition) is 6. The lowest BCUT2D eigenvalue weighted by atomic mass is 10.2. The summed E-state index contributed by atoms with van der Waals surface area (Å²) in [6, 6.07) is 4.67. The number of sulfonamides is 2. The Morgan fingerprint density at radius 1 is 1.08 bits per heavy atom. The maximum Gasteiger partial charge on any atom is 0.240 e. The molecule has 1 aromatic rings. The van der Waals surface area contributed by atoms with E-state index in [-0.39, 0.29) is 18.0 Å². The van der Waals surface area contributed by atoms with Gasteiger partial charge in [0, 0.05) is 26.2 Å². The summed E-state index contributed by atoms with van der Waals surface area (Å²) in [5, 5.41) is 0. The second-order valence-corrected chi connectivity index (χ2v) is 9.71. The monoisotopic (exact) mass is 393 g/mol. The molecule has 0 radical (unpaired) electrons. The Hall–Kier alpha value is -1.20. The van der Waals surface area contributed by atoms with E-state index in [2.05, 4.69) is 4.72 Å². The minimum absolute atomic E-state index is 0.00565. The third-order valence-electron chi connectivity index (χ3n) is 3.59. The smallest absolute Gasteiger partial charge is 0.240 e. The van der Waals surface area contributed by atoms with Gasteiger partial charge in [-0.15, -0.1) is 0 Å². The number of aryl methyl sites for hydroxylation is 1. The van der Waals surface area contributed by atoms with Gasteiger partial charge in [0.1, 0.15) is 5.75 Å². The molecule has 0 fully saturated rings. The van der Waals surface area contributed by atoms with Crippen LogP contribution in [0.25, 0.3) is 0 Å². The van der Waals surface area contributed by atoms with E-state index >= 15 is 0 Å². The van der Waals surface area contributed by atoms with Gasteiger partial charge in [0.15, 0.2) is 0 Å². The topological polar surface area (TPSA) is 96.0 Å². The lowest BCUT2D eigenvalue weighted by Gasteiger charge is -2.22. The van der Waals surface area contributed by atoms with E-state index in [1.807, 2.05) is 19.0 Å². The average molecular weight is 394 g/mol. The van der Waals surface area contributed by atoms with E-state index in [4.69, 9.17) is 4.74 Å². The molecule has 0 unspecified atom stereocenters. The summed E-state index contributed by atoms with van der Waals surface area (Å²) in [5.74, 6) is 0.573. The molecular formula is C15H27N3O5S2. The molecule has 0 heterocycles. The van der Waals surface area contributed by atoms with Crippen LogP contribution in [0.5, 0.6) is 5.75 Å². The summed E-state index contributed by atoms with van der Waals surface area (Å²) in [7, 11) is -1.94. The van der Waals surface area contributed by atoms with Crippen molar-refractivity contribution in [3.8, 4) is 5.75 Å². The van der Waals surface area contributed by atoms with E-state index in [0.717, 1.165) is 6.26 Å². The van der Waals surface area contributed by atoms with Gasteiger partial charge in [-0.05, 0) is 44.8 Å². The van der Waals surface area contributed by atoms with Crippen molar-refractivity contribution < 1.29 is 21.6 Å². The van der Waals surface area contributed by atoms with Crippen molar-refractivity contribution in [2.24, 2.45) is 0 Å². The number of benzene rings is 1. The van der Waals surface area contributed by atoms with Crippen molar-refractivity contribution >= 4 is 20.0 Å². The SMILES string of the molecule is COc1ccc(S(=O)(=O)NCCN(CCN(C)C)S(C)(=O)=O)c(C)c1. The highest BCUT2D eigenvalue weighted by Gasteiger charge is 2.20. The van der Waals surface area contributed by atoms with Gasteiger partial charge >= 0.3 is 0 Å². The molecule has 0 amide bonds. The molecule has 0 spiro atoms. The fourth-order valence-corrected chi connectivity index (χ4v) is 4.27. The van der Waals surface area contributed by atoms with Crippen LogP contribution in [0.3, 0.4) is 0 Å². The molecule has 0 aliphatic carbocycles. The molecule has 144 valence electrons. The number of likely N-dealkylation sites (N-methyl/N-ethyl adjacent to an activating group) is 1. The average Bonchev–Trinajstić information content (AvgIpc) is 2.48. The van der Waals surface area contributed by atoms with Crippen LogP contribution in [-0.2, 0) is 20.0 Å². The Kier molecular flexibility index (Phi) is 7.82. The van der Waals surface area contributed by atoms with Crippen molar-refractivity contribution in [2.75, 3.05) is 53.6 Å². The first-order valence-corrected chi connectivity index (χ1v) is 11.0. The third-order valence-corrected chi connectivity index (χ3v) is 6.51. The summed E-state index contributed by atoms with van der Waals surface area (Å²) >= 11 is 0. The molecule has 1 N–H and O–H groups in total. The van der Waals surface area contributed by atoms with Crippen LogP contribution < -0.4 is 9.46 Å². The molecular weight excluding hydrogens is 366 g/mol. The molecule has 0 saturated heterocycles. The lowest BCUT2D eigenvalue weighted by molar-refractivity contribution is 0.336. The van der Waals surface area contributed by atoms with E-state index in [9.17, 15) is 16.8 Å². The van der Waals surface area contributed by atoms with Gasteiger partial charge in [0.25, 0.3) is 0 Å². The van der Waals surface area contributed by atoms with Gasteiger partial charge in [0.2, 0.25) is 20.0 Å². The highest BCUT2D eigenvalue weighted by molar-refractivity contribution is 7.89. The molecule has 10 heteroatoms. The van der Waals surface area contributed by atoms with Crippen LogP contribution in [0.1, 0.15) is 5.56 Å². The summed E-state index contributed by atoms with van der Waals surface area (Å²) in [6.07, 6.45) is 1.12. The number of ether oxygens (including phenoxy) is 1. The minimum Gasteiger partial charge on any atom is -0.497 e. The van der Waals surface area contributed by atoms with E-state index in [1.54, 1.807) is 19.1 Å². The van der Waals surface area contributed by atoms with Crippen molar-refractivity contribution in [1.82, 2.24) is 13.9 Å². The van der Waals surface area contributed by atoms with Crippen LogP contribution in [0.4, 0.5) is 0 Å². The molecule has 0 saturated carbocycles. The minimum atomic E-state index is -3.73. The molecule has 0 aromatic heterocycles. The van der Waals surface area contributed by atoms with Crippen molar-refractivity contribution in [3.05, 3.63) is 23.8 Å². The predicted molar refractivity (Wildman–Crippen MR) is 97.9 cm³/mol. The Balaban J connectivity index is 2.77. The number of nitrogens with zero attached hydrogens (tertiary/aromatic N) is 2. The summed E-state index contributed by atoms with van der Waals surface area (Å²) in [5.41, 5.74) is 0.555. The summed E-state index contributed by atoms with van der Waals surface area (Å²) < 4.78 is 57.2. The maximum atomic E-state index is 12.4. The molecule has 0 aliphatic heterocycles. The molecule has 0 bridgehead atoms. The van der Waals surface area contributed by atoms with Crippen LogP contribution in [0, 0.1) is 6.92 Å². The first kappa shape index (κ1) is 21.8. The lowest BCUT2D eigenvalue weighted by Crippen LogP contribution is -2.41. The van der Waals surface area contributed by atoms with Gasteiger partial charge < -0.3 is 9.64 Å². The van der Waals surface area contributed by atoms with E-state index < -0.39 is 20.0 Å². The van der Waals surface area contributed by atoms with Crippen LogP contribution in [0.15, 0.2) is 23.1 Å². The molecule has 0 atom stereocenters. The third kappa shape index (κ3) is 6.90. The van der Waals surface area contributed by atoms with Gasteiger partial charge in [-0.1, -0.05) is 0 Å². The number of methoxy groups -OCH3 is 1. The summed E-state index contributed by atoms with van der Waals surface area (Å²) in [6.45, 7) is 2.60. The number of rotatable bonds is 10. The zero-order chi connectivity index (χ0) is 19.3. The molecule has 1 rings (SSSR count). The molecule has 0 aliphatic rings. The van der Waals surface area contributed by atoms with Gasteiger partial charge in [0.05, 0.1) is 18.3 Å². The quantitative estimate of drug-likeness (QED) is 0.606. The van der Waals surface area contributed by atoms with E-state index in [0.29, 0.717) is 24.4 Å². The standard InChI is InChI=1S/C15H27N3O5S2/c1-13-12-14(23-4)6-7-15(13)25(21,22)16-8-9-18(24(5,19)20)11-10-17(2)3/h6-7,12,16H,8-11H2,1-5H3. The Bertz CT molecular complexity index is 776. The number of nitrogens with one attached hydrogen (secondary N) is 1. The zero-order valence-corrected chi connectivity index (χ0v) is 16.9. The van der Waals surface area contributed by atoms with Crippen molar-refractivity contribution in [1.29, 1.82) is 0 Å². The Morgan fingerprint density at radius 3 is 2.20 bits per heavy atom. The second-order valence-electron chi connectivity index (χ2n) is 5.99. The zero-order valence-electron chi connectivity index (χ0n) is 15.3.